The molecular formula is C11H16ClNO4S. The molecule has 5 nitrogen and oxygen atoms in total. The van der Waals surface area contributed by atoms with E-state index >= 15 is 0 Å². The SMILES string of the molecule is COc1cccc(CN(C)S(=O)(=O)CCl)c1OC. The first-order valence-corrected chi connectivity index (χ1v) is 7.30. The van der Waals surface area contributed by atoms with E-state index in [2.05, 4.69) is 0 Å². The van der Waals surface area contributed by atoms with Gasteiger partial charge < -0.3 is 9.47 Å². The highest BCUT2D eigenvalue weighted by Crippen LogP contribution is 2.31. The second-order valence-electron chi connectivity index (χ2n) is 3.63. The molecule has 0 bridgehead atoms. The Labute approximate surface area is 112 Å². The minimum atomic E-state index is -3.44. The number of halogens is 1. The third-order valence-electron chi connectivity index (χ3n) is 2.49. The molecule has 0 saturated carbocycles. The van der Waals surface area contributed by atoms with E-state index in [4.69, 9.17) is 21.1 Å². The van der Waals surface area contributed by atoms with E-state index in [-0.39, 0.29) is 6.54 Å². The van der Waals surface area contributed by atoms with Crippen molar-refractivity contribution >= 4 is 21.6 Å². The van der Waals surface area contributed by atoms with Gasteiger partial charge in [0.25, 0.3) is 0 Å². The highest BCUT2D eigenvalue weighted by Gasteiger charge is 2.19. The lowest BCUT2D eigenvalue weighted by atomic mass is 10.2. The number of ether oxygens (including phenoxy) is 2. The Morgan fingerprint density at radius 2 is 1.94 bits per heavy atom. The van der Waals surface area contributed by atoms with E-state index in [1.165, 1.54) is 25.6 Å². The van der Waals surface area contributed by atoms with Crippen molar-refractivity contribution in [2.24, 2.45) is 0 Å². The minimum absolute atomic E-state index is 0.176. The lowest BCUT2D eigenvalue weighted by molar-refractivity contribution is 0.347. The van der Waals surface area contributed by atoms with Crippen LogP contribution < -0.4 is 9.47 Å². The fourth-order valence-corrected chi connectivity index (χ4v) is 2.50. The molecule has 0 aromatic heterocycles. The van der Waals surface area contributed by atoms with Crippen LogP contribution in [0.3, 0.4) is 0 Å². The fraction of sp³-hybridized carbons (Fsp3) is 0.455. The third-order valence-corrected chi connectivity index (χ3v) is 4.67. The molecule has 1 aromatic rings. The van der Waals surface area contributed by atoms with Crippen LogP contribution in [0.5, 0.6) is 11.5 Å². The predicted molar refractivity (Wildman–Crippen MR) is 70.7 cm³/mol. The Kier molecular flexibility index (Phi) is 5.25. The molecule has 102 valence electrons. The Hall–Kier alpha value is -0.980. The molecule has 0 amide bonds. The minimum Gasteiger partial charge on any atom is -0.493 e. The van der Waals surface area contributed by atoms with Gasteiger partial charge in [-0.15, -0.1) is 11.6 Å². The molecule has 0 saturated heterocycles. The molecule has 0 aliphatic carbocycles. The zero-order valence-electron chi connectivity index (χ0n) is 10.5. The van der Waals surface area contributed by atoms with Crippen molar-refractivity contribution in [3.8, 4) is 11.5 Å². The number of nitrogens with zero attached hydrogens (tertiary/aromatic N) is 1. The summed E-state index contributed by atoms with van der Waals surface area (Å²) >= 11 is 5.40. The summed E-state index contributed by atoms with van der Waals surface area (Å²) in [5, 5.41) is -0.449. The number of benzene rings is 1. The van der Waals surface area contributed by atoms with Crippen LogP contribution in [0.2, 0.25) is 0 Å². The smallest absolute Gasteiger partial charge is 0.228 e. The summed E-state index contributed by atoms with van der Waals surface area (Å²) in [4.78, 5) is 0. The van der Waals surface area contributed by atoms with Crippen LogP contribution in [-0.2, 0) is 16.6 Å². The van der Waals surface area contributed by atoms with Crippen LogP contribution in [0.25, 0.3) is 0 Å². The normalized spacial score (nSPS) is 11.6. The first kappa shape index (κ1) is 15.1. The highest BCUT2D eigenvalue weighted by molar-refractivity contribution is 7.90. The van der Waals surface area contributed by atoms with Gasteiger partial charge in [-0.25, -0.2) is 8.42 Å². The van der Waals surface area contributed by atoms with Crippen molar-refractivity contribution in [3.05, 3.63) is 23.8 Å². The van der Waals surface area contributed by atoms with Crippen LogP contribution in [-0.4, -0.2) is 39.2 Å². The summed E-state index contributed by atoms with van der Waals surface area (Å²) in [5.41, 5.74) is 0.716. The lowest BCUT2D eigenvalue weighted by Crippen LogP contribution is -2.27. The standard InChI is InChI=1S/C11H16ClNO4S/c1-13(18(14,15)8-12)7-9-5-4-6-10(16-2)11(9)17-3/h4-6H,7-8H2,1-3H3. The van der Waals surface area contributed by atoms with Crippen LogP contribution in [0.4, 0.5) is 0 Å². The summed E-state index contributed by atoms with van der Waals surface area (Å²) in [6.07, 6.45) is 0. The van der Waals surface area contributed by atoms with E-state index in [0.717, 1.165) is 0 Å². The molecule has 0 heterocycles. The van der Waals surface area contributed by atoms with Crippen molar-refractivity contribution in [3.63, 3.8) is 0 Å². The molecule has 1 aromatic carbocycles. The van der Waals surface area contributed by atoms with Crippen molar-refractivity contribution in [1.82, 2.24) is 4.31 Å². The van der Waals surface area contributed by atoms with Gasteiger partial charge >= 0.3 is 0 Å². The summed E-state index contributed by atoms with van der Waals surface area (Å²) in [5.74, 6) is 1.09. The topological polar surface area (TPSA) is 55.8 Å². The maximum Gasteiger partial charge on any atom is 0.228 e. The van der Waals surface area contributed by atoms with E-state index in [1.807, 2.05) is 0 Å². The van der Waals surface area contributed by atoms with Crippen molar-refractivity contribution in [2.45, 2.75) is 6.54 Å². The van der Waals surface area contributed by atoms with Crippen LogP contribution in [0.15, 0.2) is 18.2 Å². The maximum atomic E-state index is 11.6. The van der Waals surface area contributed by atoms with E-state index < -0.39 is 15.2 Å². The molecule has 0 fully saturated rings. The molecule has 0 N–H and O–H groups in total. The highest BCUT2D eigenvalue weighted by atomic mass is 35.5. The van der Waals surface area contributed by atoms with Gasteiger partial charge in [-0.1, -0.05) is 12.1 Å². The molecule has 0 unspecified atom stereocenters. The van der Waals surface area contributed by atoms with Crippen LogP contribution in [0.1, 0.15) is 5.56 Å². The molecule has 0 spiro atoms. The first-order chi connectivity index (χ1) is 8.46. The molecule has 7 heteroatoms. The Balaban J connectivity index is 3.05. The summed E-state index contributed by atoms with van der Waals surface area (Å²) in [6, 6.07) is 5.30. The van der Waals surface area contributed by atoms with Crippen molar-refractivity contribution < 1.29 is 17.9 Å². The second-order valence-corrected chi connectivity index (χ2v) is 6.29. The molecule has 0 aliphatic rings. The Morgan fingerprint density at radius 3 is 2.44 bits per heavy atom. The number of methoxy groups -OCH3 is 2. The number of para-hydroxylation sites is 1. The average molecular weight is 294 g/mol. The van der Waals surface area contributed by atoms with Gasteiger partial charge in [-0.2, -0.15) is 4.31 Å². The number of hydrogen-bond acceptors (Lipinski definition) is 4. The number of rotatable bonds is 6. The quantitative estimate of drug-likeness (QED) is 0.749. The van der Waals surface area contributed by atoms with Gasteiger partial charge in [0.1, 0.15) is 5.21 Å². The Morgan fingerprint density at radius 1 is 1.28 bits per heavy atom. The fourth-order valence-electron chi connectivity index (χ4n) is 1.50. The zero-order valence-corrected chi connectivity index (χ0v) is 12.1. The maximum absolute atomic E-state index is 11.6. The molecule has 0 atom stereocenters. The lowest BCUT2D eigenvalue weighted by Gasteiger charge is -2.18. The van der Waals surface area contributed by atoms with Crippen molar-refractivity contribution in [1.29, 1.82) is 0 Å². The van der Waals surface area contributed by atoms with Gasteiger partial charge in [0.15, 0.2) is 11.5 Å². The third kappa shape index (κ3) is 3.28. The average Bonchev–Trinajstić information content (AvgIpc) is 2.38. The van der Waals surface area contributed by atoms with Gasteiger partial charge in [0, 0.05) is 19.2 Å². The molecule has 0 aliphatic heterocycles. The molecular weight excluding hydrogens is 278 g/mol. The van der Waals surface area contributed by atoms with E-state index in [0.29, 0.717) is 17.1 Å². The predicted octanol–water partition coefficient (Wildman–Crippen LogP) is 1.66. The first-order valence-electron chi connectivity index (χ1n) is 5.16. The number of alkyl halides is 1. The van der Waals surface area contributed by atoms with Gasteiger partial charge in [0.05, 0.1) is 14.2 Å². The van der Waals surface area contributed by atoms with E-state index in [1.54, 1.807) is 18.2 Å². The van der Waals surface area contributed by atoms with Gasteiger partial charge in [-0.05, 0) is 6.07 Å². The van der Waals surface area contributed by atoms with Gasteiger partial charge in [-0.3, -0.25) is 0 Å². The monoisotopic (exact) mass is 293 g/mol. The number of hydrogen-bond donors (Lipinski definition) is 0. The molecule has 0 radical (unpaired) electrons. The largest absolute Gasteiger partial charge is 0.493 e. The summed E-state index contributed by atoms with van der Waals surface area (Å²) < 4.78 is 34.7. The van der Waals surface area contributed by atoms with E-state index in [9.17, 15) is 8.42 Å². The summed E-state index contributed by atoms with van der Waals surface area (Å²) in [6.45, 7) is 0.176. The van der Waals surface area contributed by atoms with Crippen LogP contribution in [0, 0.1) is 0 Å². The Bertz CT molecular complexity index is 504. The van der Waals surface area contributed by atoms with Gasteiger partial charge in [0.2, 0.25) is 10.0 Å². The zero-order chi connectivity index (χ0) is 13.8. The summed E-state index contributed by atoms with van der Waals surface area (Å²) in [7, 11) is 1.07. The number of sulfonamides is 1. The van der Waals surface area contributed by atoms with Crippen LogP contribution >= 0.6 is 11.6 Å². The van der Waals surface area contributed by atoms with Crippen molar-refractivity contribution in [2.75, 3.05) is 26.5 Å². The molecule has 18 heavy (non-hydrogen) atoms. The molecule has 1 rings (SSSR count). The second kappa shape index (κ2) is 6.26.